The highest BCUT2D eigenvalue weighted by Crippen LogP contribution is 2.34. The van der Waals surface area contributed by atoms with E-state index in [1.807, 2.05) is 41.4 Å². The molecule has 2 aliphatic rings. The highest BCUT2D eigenvalue weighted by molar-refractivity contribution is 5.94. The number of aliphatic hydroxyl groups is 1. The number of ether oxygens (including phenoxy) is 1. The molecule has 0 unspecified atom stereocenters. The molecule has 6 nitrogen and oxygen atoms in total. The van der Waals surface area contributed by atoms with E-state index in [2.05, 4.69) is 5.10 Å². The highest BCUT2D eigenvalue weighted by atomic mass is 16.5. The van der Waals surface area contributed by atoms with E-state index in [1.54, 1.807) is 10.9 Å². The van der Waals surface area contributed by atoms with E-state index in [-0.39, 0.29) is 30.6 Å². The topological polar surface area (TPSA) is 67.6 Å². The van der Waals surface area contributed by atoms with Crippen LogP contribution in [0.4, 0.5) is 0 Å². The number of benzene rings is 1. The van der Waals surface area contributed by atoms with Crippen molar-refractivity contribution in [1.82, 2.24) is 14.7 Å². The van der Waals surface area contributed by atoms with Gasteiger partial charge in [0.2, 0.25) is 0 Å². The molecule has 1 aliphatic heterocycles. The first-order valence-electron chi connectivity index (χ1n) is 8.84. The van der Waals surface area contributed by atoms with Crippen molar-refractivity contribution < 1.29 is 14.6 Å². The minimum absolute atomic E-state index is 0.0104. The molecule has 2 heterocycles. The Morgan fingerprint density at radius 3 is 2.92 bits per heavy atom. The number of hydrogen-bond acceptors (Lipinski definition) is 4. The van der Waals surface area contributed by atoms with Gasteiger partial charge in [0.15, 0.2) is 0 Å². The molecule has 0 radical (unpaired) electrons. The molecule has 2 aromatic rings. The number of rotatable bonds is 4. The van der Waals surface area contributed by atoms with Gasteiger partial charge in [0.05, 0.1) is 37.1 Å². The van der Waals surface area contributed by atoms with E-state index in [0.717, 1.165) is 18.4 Å². The number of nitrogens with zero attached hydrogens (tertiary/aromatic N) is 3. The second-order valence-electron chi connectivity index (χ2n) is 6.91. The summed E-state index contributed by atoms with van der Waals surface area (Å²) in [4.78, 5) is 14.9. The number of fused-ring (bicyclic) bond motifs is 1. The van der Waals surface area contributed by atoms with E-state index in [0.29, 0.717) is 25.3 Å². The molecule has 1 amide bonds. The largest absolute Gasteiger partial charge is 0.396 e. The third-order valence-electron chi connectivity index (χ3n) is 5.22. The summed E-state index contributed by atoms with van der Waals surface area (Å²) in [5, 5.41) is 13.8. The van der Waals surface area contributed by atoms with Crippen LogP contribution in [0.15, 0.2) is 42.7 Å². The third kappa shape index (κ3) is 3.32. The van der Waals surface area contributed by atoms with Gasteiger partial charge in [-0.1, -0.05) is 30.3 Å². The Morgan fingerprint density at radius 1 is 1.28 bits per heavy atom. The molecule has 1 aliphatic carbocycles. The van der Waals surface area contributed by atoms with Crippen LogP contribution in [0.2, 0.25) is 0 Å². The normalized spacial score (nSPS) is 25.8. The second kappa shape index (κ2) is 6.98. The molecule has 2 fully saturated rings. The maximum Gasteiger partial charge on any atom is 0.257 e. The summed E-state index contributed by atoms with van der Waals surface area (Å²) in [6, 6.07) is 10.1. The molecule has 6 heteroatoms. The van der Waals surface area contributed by atoms with Gasteiger partial charge in [-0.2, -0.15) is 5.10 Å². The van der Waals surface area contributed by atoms with Crippen molar-refractivity contribution in [2.45, 2.75) is 31.5 Å². The molecule has 1 saturated heterocycles. The first kappa shape index (κ1) is 16.3. The Bertz CT molecular complexity index is 731. The predicted octanol–water partition coefficient (Wildman–Crippen LogP) is 1.54. The lowest BCUT2D eigenvalue weighted by molar-refractivity contribution is -0.0448. The standard InChI is InChI=1S/C19H23N3O3/c23-13-15-8-17-18(9-15)25-7-6-22(17)19(24)16-10-20-21(12-16)11-14-4-2-1-3-5-14/h1-5,10,12,15,17-18,23H,6-9,11,13H2/t15-,17+,18+/m1/s1. The van der Waals surface area contributed by atoms with Crippen molar-refractivity contribution in [2.75, 3.05) is 19.8 Å². The van der Waals surface area contributed by atoms with Gasteiger partial charge >= 0.3 is 0 Å². The Labute approximate surface area is 147 Å². The van der Waals surface area contributed by atoms with Gasteiger partial charge in [-0.3, -0.25) is 9.48 Å². The lowest BCUT2D eigenvalue weighted by Crippen LogP contribution is -2.51. The van der Waals surface area contributed by atoms with Crippen LogP contribution in [0.5, 0.6) is 0 Å². The monoisotopic (exact) mass is 341 g/mol. The van der Waals surface area contributed by atoms with Crippen molar-refractivity contribution in [3.63, 3.8) is 0 Å². The number of aliphatic hydroxyl groups excluding tert-OH is 1. The van der Waals surface area contributed by atoms with Crippen molar-refractivity contribution in [1.29, 1.82) is 0 Å². The van der Waals surface area contributed by atoms with Crippen molar-refractivity contribution in [2.24, 2.45) is 5.92 Å². The molecule has 1 N–H and O–H groups in total. The smallest absolute Gasteiger partial charge is 0.257 e. The molecule has 0 bridgehead atoms. The first-order chi connectivity index (χ1) is 12.2. The van der Waals surface area contributed by atoms with Gasteiger partial charge < -0.3 is 14.7 Å². The van der Waals surface area contributed by atoms with E-state index in [4.69, 9.17) is 4.74 Å². The van der Waals surface area contributed by atoms with E-state index < -0.39 is 0 Å². The van der Waals surface area contributed by atoms with Crippen LogP contribution in [-0.4, -0.2) is 57.6 Å². The van der Waals surface area contributed by atoms with Crippen LogP contribution in [-0.2, 0) is 11.3 Å². The van der Waals surface area contributed by atoms with Gasteiger partial charge in [-0.25, -0.2) is 0 Å². The lowest BCUT2D eigenvalue weighted by atomic mass is 10.1. The zero-order valence-electron chi connectivity index (χ0n) is 14.1. The molecule has 132 valence electrons. The fourth-order valence-corrected chi connectivity index (χ4v) is 3.95. The van der Waals surface area contributed by atoms with Crippen LogP contribution in [0.25, 0.3) is 0 Å². The Hall–Kier alpha value is -2.18. The van der Waals surface area contributed by atoms with Crippen LogP contribution in [0.1, 0.15) is 28.8 Å². The fourth-order valence-electron chi connectivity index (χ4n) is 3.95. The number of amides is 1. The summed E-state index contributed by atoms with van der Waals surface area (Å²) in [5.41, 5.74) is 1.77. The number of aromatic nitrogens is 2. The average Bonchev–Trinajstić information content (AvgIpc) is 3.28. The van der Waals surface area contributed by atoms with Crippen LogP contribution in [0.3, 0.4) is 0 Å². The lowest BCUT2D eigenvalue weighted by Gasteiger charge is -2.37. The third-order valence-corrected chi connectivity index (χ3v) is 5.22. The summed E-state index contributed by atoms with van der Waals surface area (Å²) in [7, 11) is 0. The van der Waals surface area contributed by atoms with Gasteiger partial charge in [0, 0.05) is 19.3 Å². The van der Waals surface area contributed by atoms with Crippen molar-refractivity contribution in [3.05, 3.63) is 53.9 Å². The fraction of sp³-hybridized carbons (Fsp3) is 0.474. The van der Waals surface area contributed by atoms with E-state index in [1.165, 1.54) is 0 Å². The zero-order chi connectivity index (χ0) is 17.2. The highest BCUT2D eigenvalue weighted by Gasteiger charge is 2.42. The molecule has 0 spiro atoms. The van der Waals surface area contributed by atoms with Crippen molar-refractivity contribution >= 4 is 5.91 Å². The number of carbonyl (C=O) groups excluding carboxylic acids is 1. The molecule has 1 aromatic heterocycles. The quantitative estimate of drug-likeness (QED) is 0.916. The molecule has 1 aromatic carbocycles. The zero-order valence-corrected chi connectivity index (χ0v) is 14.1. The minimum atomic E-state index is 0.0104. The first-order valence-corrected chi connectivity index (χ1v) is 8.84. The van der Waals surface area contributed by atoms with E-state index >= 15 is 0 Å². The van der Waals surface area contributed by atoms with Gasteiger partial charge in [-0.05, 0) is 24.3 Å². The van der Waals surface area contributed by atoms with Crippen LogP contribution < -0.4 is 0 Å². The summed E-state index contributed by atoms with van der Waals surface area (Å²) in [6.07, 6.45) is 5.16. The van der Waals surface area contributed by atoms with Gasteiger partial charge in [-0.15, -0.1) is 0 Å². The Kier molecular flexibility index (Phi) is 4.55. The number of morpholine rings is 1. The van der Waals surface area contributed by atoms with Crippen LogP contribution in [0, 0.1) is 5.92 Å². The summed E-state index contributed by atoms with van der Waals surface area (Å²) < 4.78 is 7.61. The predicted molar refractivity (Wildman–Crippen MR) is 92.1 cm³/mol. The van der Waals surface area contributed by atoms with Crippen molar-refractivity contribution in [3.8, 4) is 0 Å². The molecule has 1 saturated carbocycles. The van der Waals surface area contributed by atoms with Crippen LogP contribution >= 0.6 is 0 Å². The van der Waals surface area contributed by atoms with Gasteiger partial charge in [0.25, 0.3) is 5.91 Å². The molecule has 4 rings (SSSR count). The maximum absolute atomic E-state index is 13.0. The molecule has 25 heavy (non-hydrogen) atoms. The van der Waals surface area contributed by atoms with Gasteiger partial charge in [0.1, 0.15) is 0 Å². The Morgan fingerprint density at radius 2 is 2.12 bits per heavy atom. The van der Waals surface area contributed by atoms with E-state index in [9.17, 15) is 9.90 Å². The number of carbonyl (C=O) groups is 1. The Balaban J connectivity index is 1.47. The number of hydrogen-bond donors (Lipinski definition) is 1. The minimum Gasteiger partial charge on any atom is -0.396 e. The molecular formula is C19H23N3O3. The summed E-state index contributed by atoms with van der Waals surface area (Å²) in [6.45, 7) is 1.97. The molecular weight excluding hydrogens is 318 g/mol. The summed E-state index contributed by atoms with van der Waals surface area (Å²) >= 11 is 0. The SMILES string of the molecule is O=C(c1cnn(Cc2ccccc2)c1)N1CCO[C@H]2C[C@H](CO)C[C@@H]21. The second-order valence-corrected chi connectivity index (χ2v) is 6.91. The maximum atomic E-state index is 13.0. The average molecular weight is 341 g/mol. The molecule has 3 atom stereocenters. The summed E-state index contributed by atoms with van der Waals surface area (Å²) in [5.74, 6) is 0.236.